The van der Waals surface area contributed by atoms with Gasteiger partial charge in [0.1, 0.15) is 30.3 Å². The molecule has 226 valence electrons. The average Bonchev–Trinajstić information content (AvgIpc) is 3.41. The van der Waals surface area contributed by atoms with E-state index in [-0.39, 0.29) is 16.8 Å². The zero-order chi connectivity index (χ0) is 31.4. The van der Waals surface area contributed by atoms with Crippen molar-refractivity contribution in [1.29, 1.82) is 5.26 Å². The molecule has 16 heteroatoms. The number of nitriles is 1. The van der Waals surface area contributed by atoms with Crippen molar-refractivity contribution >= 4 is 45.6 Å². The van der Waals surface area contributed by atoms with E-state index in [0.29, 0.717) is 9.37 Å². The van der Waals surface area contributed by atoms with E-state index in [1.54, 1.807) is 6.07 Å². The smallest absolute Gasteiger partial charge is 0.303 e. The Balaban J connectivity index is 1.85. The summed E-state index contributed by atoms with van der Waals surface area (Å²) >= 11 is 4.27. The molecule has 1 aliphatic rings. The van der Waals surface area contributed by atoms with Crippen LogP contribution in [0, 0.1) is 28.8 Å². The number of ether oxygens (including phenoxy) is 4. The summed E-state index contributed by atoms with van der Waals surface area (Å²) in [6, 6.07) is 3.97. The van der Waals surface area contributed by atoms with Crippen LogP contribution >= 0.6 is 27.7 Å². The highest BCUT2D eigenvalue weighted by molar-refractivity contribution is 9.10. The van der Waals surface area contributed by atoms with Gasteiger partial charge in [0.2, 0.25) is 0 Å². The SMILES string of the molecule is CC(=O)OCC1O[C@H](Sc2cc(Br)cnc2C#N)C(OC(C)=O)C(n2cc(-c3cc(F)c(F)c(F)c3)cn2)[C@H]1OC(C)=O. The van der Waals surface area contributed by atoms with Crippen molar-refractivity contribution < 1.29 is 46.5 Å². The molecule has 0 amide bonds. The van der Waals surface area contributed by atoms with E-state index in [1.165, 1.54) is 30.2 Å². The fraction of sp³-hybridized carbons (Fsp3) is 0.333. The Labute approximate surface area is 255 Å². The minimum atomic E-state index is -1.64. The number of benzene rings is 1. The van der Waals surface area contributed by atoms with E-state index < -0.39 is 71.8 Å². The number of hydrogen-bond donors (Lipinski definition) is 0. The number of rotatable bonds is 8. The fourth-order valence-corrected chi connectivity index (χ4v) is 6.06. The lowest BCUT2D eigenvalue weighted by Crippen LogP contribution is -2.57. The highest BCUT2D eigenvalue weighted by atomic mass is 79.9. The van der Waals surface area contributed by atoms with Crippen molar-refractivity contribution in [1.82, 2.24) is 14.8 Å². The summed E-state index contributed by atoms with van der Waals surface area (Å²) in [5, 5.41) is 13.9. The van der Waals surface area contributed by atoms with Crippen LogP contribution in [-0.2, 0) is 33.3 Å². The van der Waals surface area contributed by atoms with Crippen molar-refractivity contribution in [2.45, 2.75) is 55.5 Å². The van der Waals surface area contributed by atoms with Crippen LogP contribution in [0.4, 0.5) is 13.2 Å². The summed E-state index contributed by atoms with van der Waals surface area (Å²) in [5.74, 6) is -6.63. The van der Waals surface area contributed by atoms with Gasteiger partial charge in [0.05, 0.1) is 6.20 Å². The molecule has 3 aromatic rings. The van der Waals surface area contributed by atoms with E-state index in [9.17, 15) is 32.8 Å². The Morgan fingerprint density at radius 1 is 1.02 bits per heavy atom. The van der Waals surface area contributed by atoms with E-state index in [4.69, 9.17) is 18.9 Å². The van der Waals surface area contributed by atoms with Crippen LogP contribution in [0.25, 0.3) is 11.1 Å². The Morgan fingerprint density at radius 3 is 2.28 bits per heavy atom. The molecule has 0 radical (unpaired) electrons. The molecule has 0 spiro atoms. The number of nitrogens with zero attached hydrogens (tertiary/aromatic N) is 4. The zero-order valence-electron chi connectivity index (χ0n) is 22.6. The number of aromatic nitrogens is 3. The molecule has 0 bridgehead atoms. The Bertz CT molecular complexity index is 1580. The molecule has 0 aliphatic carbocycles. The standard InChI is InChI=1S/C27H22BrF3N4O7S/c1-12(36)39-11-21-25(40-13(2)37)24(35-10-16(8-34-35)15-4-18(29)23(31)19(30)5-15)26(41-14(3)38)27(42-21)43-22-6-17(28)9-33-20(22)7-32/h4-6,8-10,21,24-27H,11H2,1-3H3/t21?,24?,25-,26?,27+/m0/s1. The van der Waals surface area contributed by atoms with Gasteiger partial charge >= 0.3 is 17.9 Å². The van der Waals surface area contributed by atoms with Crippen molar-refractivity contribution in [2.24, 2.45) is 0 Å². The third-order valence-corrected chi connectivity index (χ3v) is 7.67. The van der Waals surface area contributed by atoms with Gasteiger partial charge in [-0.1, -0.05) is 11.8 Å². The lowest BCUT2D eigenvalue weighted by atomic mass is 9.96. The second kappa shape index (κ2) is 13.6. The molecule has 11 nitrogen and oxygen atoms in total. The fourth-order valence-electron chi connectivity index (χ4n) is 4.37. The normalized spacial score (nSPS) is 21.5. The van der Waals surface area contributed by atoms with Crippen molar-refractivity contribution in [3.63, 3.8) is 0 Å². The average molecular weight is 683 g/mol. The third-order valence-electron chi connectivity index (χ3n) is 6.06. The van der Waals surface area contributed by atoms with E-state index >= 15 is 0 Å². The molecule has 1 saturated heterocycles. The summed E-state index contributed by atoms with van der Waals surface area (Å²) in [5.41, 5.74) is -0.978. The summed E-state index contributed by atoms with van der Waals surface area (Å²) in [4.78, 5) is 40.7. The molecule has 5 atom stereocenters. The molecular weight excluding hydrogens is 661 g/mol. The van der Waals surface area contributed by atoms with Gasteiger partial charge in [-0.25, -0.2) is 18.2 Å². The van der Waals surface area contributed by atoms with E-state index in [2.05, 4.69) is 26.0 Å². The summed E-state index contributed by atoms with van der Waals surface area (Å²) in [6.45, 7) is 3.05. The molecule has 3 unspecified atom stereocenters. The van der Waals surface area contributed by atoms with Crippen LogP contribution in [0.1, 0.15) is 32.5 Å². The molecule has 0 saturated carbocycles. The van der Waals surface area contributed by atoms with Crippen LogP contribution in [-0.4, -0.2) is 63.0 Å². The Morgan fingerprint density at radius 2 is 1.67 bits per heavy atom. The number of carbonyl (C=O) groups is 3. The first kappa shape index (κ1) is 32.0. The topological polar surface area (TPSA) is 143 Å². The summed E-state index contributed by atoms with van der Waals surface area (Å²) < 4.78 is 66.0. The second-order valence-electron chi connectivity index (χ2n) is 9.18. The van der Waals surface area contributed by atoms with Crippen LogP contribution in [0.15, 0.2) is 46.2 Å². The minimum Gasteiger partial charge on any atom is -0.463 e. The second-order valence-corrected chi connectivity index (χ2v) is 11.2. The van der Waals surface area contributed by atoms with Gasteiger partial charge in [-0.3, -0.25) is 19.1 Å². The first-order valence-electron chi connectivity index (χ1n) is 12.4. The Kier molecular flexibility index (Phi) is 10.1. The Hall–Kier alpha value is -3.94. The van der Waals surface area contributed by atoms with Gasteiger partial charge in [-0.15, -0.1) is 0 Å². The minimum absolute atomic E-state index is 0.0373. The highest BCUT2D eigenvalue weighted by Gasteiger charge is 2.52. The maximum Gasteiger partial charge on any atom is 0.303 e. The molecule has 1 aliphatic heterocycles. The quantitative estimate of drug-likeness (QED) is 0.188. The highest BCUT2D eigenvalue weighted by Crippen LogP contribution is 2.42. The molecule has 1 aromatic carbocycles. The van der Waals surface area contributed by atoms with E-state index in [1.807, 2.05) is 6.07 Å². The van der Waals surface area contributed by atoms with Crippen LogP contribution in [0.2, 0.25) is 0 Å². The number of esters is 3. The first-order valence-corrected chi connectivity index (χ1v) is 14.1. The predicted molar refractivity (Wildman–Crippen MR) is 145 cm³/mol. The number of pyridine rings is 1. The molecule has 4 rings (SSSR count). The third kappa shape index (κ3) is 7.53. The summed E-state index contributed by atoms with van der Waals surface area (Å²) in [6.07, 6.45) is 0.307. The molecular formula is C27H22BrF3N4O7S. The first-order chi connectivity index (χ1) is 20.4. The number of carbonyl (C=O) groups excluding carboxylic acids is 3. The molecule has 2 aromatic heterocycles. The maximum atomic E-state index is 14.0. The van der Waals surface area contributed by atoms with Crippen LogP contribution < -0.4 is 0 Å². The lowest BCUT2D eigenvalue weighted by molar-refractivity contribution is -0.212. The molecule has 0 N–H and O–H groups in total. The van der Waals surface area contributed by atoms with Gasteiger partial charge in [0, 0.05) is 48.1 Å². The molecule has 43 heavy (non-hydrogen) atoms. The van der Waals surface area contributed by atoms with Crippen molar-refractivity contribution in [2.75, 3.05) is 6.61 Å². The van der Waals surface area contributed by atoms with Gasteiger partial charge in [0.15, 0.2) is 35.4 Å². The largest absolute Gasteiger partial charge is 0.463 e. The van der Waals surface area contributed by atoms with Crippen molar-refractivity contribution in [3.05, 3.63) is 64.4 Å². The van der Waals surface area contributed by atoms with Gasteiger partial charge in [0.25, 0.3) is 0 Å². The van der Waals surface area contributed by atoms with Gasteiger partial charge in [-0.05, 0) is 39.7 Å². The molecule has 3 heterocycles. The number of halogens is 4. The summed E-state index contributed by atoms with van der Waals surface area (Å²) in [7, 11) is 0. The zero-order valence-corrected chi connectivity index (χ0v) is 25.0. The maximum absolute atomic E-state index is 14.0. The lowest BCUT2D eigenvalue weighted by Gasteiger charge is -2.45. The van der Waals surface area contributed by atoms with Gasteiger partial charge < -0.3 is 18.9 Å². The van der Waals surface area contributed by atoms with Crippen LogP contribution in [0.3, 0.4) is 0 Å². The van der Waals surface area contributed by atoms with Crippen LogP contribution in [0.5, 0.6) is 0 Å². The number of thioether (sulfide) groups is 1. The van der Waals surface area contributed by atoms with E-state index in [0.717, 1.165) is 37.7 Å². The number of hydrogen-bond acceptors (Lipinski definition) is 11. The van der Waals surface area contributed by atoms with Crippen molar-refractivity contribution in [3.8, 4) is 17.2 Å². The molecule has 1 fully saturated rings. The monoisotopic (exact) mass is 682 g/mol. The van der Waals surface area contributed by atoms with Gasteiger partial charge in [-0.2, -0.15) is 10.4 Å². The predicted octanol–water partition coefficient (Wildman–Crippen LogP) is 4.48.